The Balaban J connectivity index is 2.23. The molecule has 1 atom stereocenters. The van der Waals surface area contributed by atoms with Gasteiger partial charge in [0, 0.05) is 5.39 Å². The van der Waals surface area contributed by atoms with E-state index in [1.165, 1.54) is 6.07 Å². The lowest BCUT2D eigenvalue weighted by Crippen LogP contribution is -2.19. The summed E-state index contributed by atoms with van der Waals surface area (Å²) < 4.78 is 79.4. The summed E-state index contributed by atoms with van der Waals surface area (Å²) in [5.74, 6) is -0.273. The van der Waals surface area contributed by atoms with Crippen LogP contribution >= 0.6 is 0 Å². The Bertz CT molecular complexity index is 793. The van der Waals surface area contributed by atoms with Crippen LogP contribution < -0.4 is 0 Å². The molecule has 26 heavy (non-hydrogen) atoms. The van der Waals surface area contributed by atoms with Gasteiger partial charge in [0.2, 0.25) is 0 Å². The molecule has 2 nitrogen and oxygen atoms in total. The van der Waals surface area contributed by atoms with Crippen molar-refractivity contribution in [1.82, 2.24) is 4.98 Å². The minimum absolute atomic E-state index is 0.0918. The predicted octanol–water partition coefficient (Wildman–Crippen LogP) is 5.89. The topological polar surface area (TPSA) is 33.1 Å². The molecule has 1 aromatic carbocycles. The molecule has 1 N–H and O–H groups in total. The van der Waals surface area contributed by atoms with Crippen molar-refractivity contribution in [2.75, 3.05) is 0 Å². The number of nitrogens with zero attached hydrogens (tertiary/aromatic N) is 1. The van der Waals surface area contributed by atoms with Crippen LogP contribution in [0.2, 0.25) is 0 Å². The van der Waals surface area contributed by atoms with Gasteiger partial charge in [-0.15, -0.1) is 0 Å². The zero-order chi connectivity index (χ0) is 19.1. The summed E-state index contributed by atoms with van der Waals surface area (Å²) in [6.45, 7) is 0. The van der Waals surface area contributed by atoms with Gasteiger partial charge in [0.15, 0.2) is 0 Å². The maximum Gasteiger partial charge on any atom is 0.433 e. The molecule has 1 aliphatic carbocycles. The standard InChI is InChI=1S/C18H17F6NO/c19-17(20,21)13-8-4-7-11-12(16(26)10-5-2-1-3-6-10)9-14(18(22,23)24)25-15(11)13/h4,7-10,16,26H,1-3,5-6H2/t16-/m0/s1. The van der Waals surface area contributed by atoms with Gasteiger partial charge in [-0.25, -0.2) is 4.98 Å². The van der Waals surface area contributed by atoms with E-state index >= 15 is 0 Å². The molecule has 2 aromatic rings. The van der Waals surface area contributed by atoms with Crippen LogP contribution in [0.25, 0.3) is 10.9 Å². The zero-order valence-corrected chi connectivity index (χ0v) is 13.7. The minimum Gasteiger partial charge on any atom is -0.388 e. The van der Waals surface area contributed by atoms with Crippen LogP contribution in [0.15, 0.2) is 24.3 Å². The maximum atomic E-state index is 13.2. The molecule has 3 rings (SSSR count). The first kappa shape index (κ1) is 18.9. The molecule has 0 bridgehead atoms. The van der Waals surface area contributed by atoms with Crippen molar-refractivity contribution >= 4 is 10.9 Å². The van der Waals surface area contributed by atoms with Crippen LogP contribution in [0.4, 0.5) is 26.3 Å². The fourth-order valence-electron chi connectivity index (χ4n) is 3.60. The number of hydrogen-bond donors (Lipinski definition) is 1. The van der Waals surface area contributed by atoms with Crippen molar-refractivity contribution in [1.29, 1.82) is 0 Å². The summed E-state index contributed by atoms with van der Waals surface area (Å²) in [5.41, 5.74) is -3.58. The first-order valence-electron chi connectivity index (χ1n) is 8.35. The van der Waals surface area contributed by atoms with Gasteiger partial charge in [0.25, 0.3) is 0 Å². The summed E-state index contributed by atoms with van der Waals surface area (Å²) in [7, 11) is 0. The van der Waals surface area contributed by atoms with Gasteiger partial charge in [-0.1, -0.05) is 31.4 Å². The van der Waals surface area contributed by atoms with E-state index < -0.39 is 35.2 Å². The monoisotopic (exact) mass is 377 g/mol. The lowest BCUT2D eigenvalue weighted by molar-refractivity contribution is -0.142. The highest BCUT2D eigenvalue weighted by atomic mass is 19.4. The van der Waals surface area contributed by atoms with E-state index in [1.54, 1.807) is 0 Å². The molecular formula is C18H17F6NO. The molecule has 0 amide bonds. The zero-order valence-electron chi connectivity index (χ0n) is 13.7. The number of para-hydroxylation sites is 1. The molecule has 1 saturated carbocycles. The molecule has 8 heteroatoms. The molecule has 1 heterocycles. The number of aliphatic hydroxyl groups excluding tert-OH is 1. The number of fused-ring (bicyclic) bond motifs is 1. The summed E-state index contributed by atoms with van der Waals surface area (Å²) in [5, 5.41) is 10.6. The Hall–Kier alpha value is -1.83. The van der Waals surface area contributed by atoms with Gasteiger partial charge in [-0.3, -0.25) is 0 Å². The molecule has 0 aliphatic heterocycles. The van der Waals surface area contributed by atoms with Crippen LogP contribution in [0.3, 0.4) is 0 Å². The Kier molecular flexibility index (Phi) is 4.90. The predicted molar refractivity (Wildman–Crippen MR) is 83.3 cm³/mol. The average molecular weight is 377 g/mol. The first-order valence-corrected chi connectivity index (χ1v) is 8.35. The van der Waals surface area contributed by atoms with E-state index in [-0.39, 0.29) is 16.9 Å². The molecule has 142 valence electrons. The fourth-order valence-corrected chi connectivity index (χ4v) is 3.60. The molecule has 0 spiro atoms. The van der Waals surface area contributed by atoms with E-state index in [0.717, 1.165) is 25.3 Å². The molecule has 1 aliphatic rings. The van der Waals surface area contributed by atoms with Crippen LogP contribution in [-0.2, 0) is 12.4 Å². The van der Waals surface area contributed by atoms with Gasteiger partial charge in [0.1, 0.15) is 5.69 Å². The normalized spacial score (nSPS) is 18.3. The van der Waals surface area contributed by atoms with E-state index in [4.69, 9.17) is 0 Å². The lowest BCUT2D eigenvalue weighted by Gasteiger charge is -2.28. The number of halogens is 6. The third-order valence-electron chi connectivity index (χ3n) is 4.88. The van der Waals surface area contributed by atoms with E-state index in [2.05, 4.69) is 4.98 Å². The van der Waals surface area contributed by atoms with Crippen LogP contribution in [0, 0.1) is 5.92 Å². The number of aliphatic hydroxyl groups is 1. The number of alkyl halides is 6. The van der Waals surface area contributed by atoms with Gasteiger partial charge < -0.3 is 5.11 Å². The average Bonchev–Trinajstić information content (AvgIpc) is 2.58. The third-order valence-corrected chi connectivity index (χ3v) is 4.88. The second kappa shape index (κ2) is 6.72. The van der Waals surface area contributed by atoms with E-state index in [9.17, 15) is 31.4 Å². The Morgan fingerprint density at radius 2 is 1.62 bits per heavy atom. The van der Waals surface area contributed by atoms with Crippen molar-refractivity contribution in [2.24, 2.45) is 5.92 Å². The Morgan fingerprint density at radius 3 is 2.19 bits per heavy atom. The Morgan fingerprint density at radius 1 is 0.962 bits per heavy atom. The van der Waals surface area contributed by atoms with Crippen LogP contribution in [-0.4, -0.2) is 10.1 Å². The van der Waals surface area contributed by atoms with Gasteiger partial charge in [-0.2, -0.15) is 26.3 Å². The first-order chi connectivity index (χ1) is 12.1. The molecule has 0 radical (unpaired) electrons. The summed E-state index contributed by atoms with van der Waals surface area (Å²) in [6, 6.07) is 3.78. The smallest absolute Gasteiger partial charge is 0.388 e. The molecule has 1 aromatic heterocycles. The summed E-state index contributed by atoms with van der Waals surface area (Å²) in [6.07, 6.45) is -7.10. The lowest BCUT2D eigenvalue weighted by atomic mass is 9.81. The van der Waals surface area contributed by atoms with Crippen molar-refractivity contribution in [2.45, 2.75) is 50.6 Å². The summed E-state index contributed by atoms with van der Waals surface area (Å²) >= 11 is 0. The SMILES string of the molecule is O[C@H](c1cc(C(F)(F)F)nc2c(C(F)(F)F)cccc12)C1CCCCC1. The van der Waals surface area contributed by atoms with Gasteiger partial charge in [0.05, 0.1) is 17.2 Å². The number of rotatable bonds is 2. The second-order valence-corrected chi connectivity index (χ2v) is 6.64. The summed E-state index contributed by atoms with van der Waals surface area (Å²) in [4.78, 5) is 3.24. The quantitative estimate of drug-likeness (QED) is 0.663. The van der Waals surface area contributed by atoms with E-state index in [1.807, 2.05) is 0 Å². The second-order valence-electron chi connectivity index (χ2n) is 6.64. The molecule has 0 unspecified atom stereocenters. The van der Waals surface area contributed by atoms with E-state index in [0.29, 0.717) is 25.0 Å². The van der Waals surface area contributed by atoms with Crippen molar-refractivity contribution in [3.63, 3.8) is 0 Å². The molecule has 1 fully saturated rings. The third kappa shape index (κ3) is 3.65. The largest absolute Gasteiger partial charge is 0.433 e. The minimum atomic E-state index is -4.91. The molecular weight excluding hydrogens is 360 g/mol. The number of hydrogen-bond acceptors (Lipinski definition) is 2. The van der Waals surface area contributed by atoms with Crippen molar-refractivity contribution < 1.29 is 31.4 Å². The highest BCUT2D eigenvalue weighted by Crippen LogP contribution is 2.42. The number of benzene rings is 1. The highest BCUT2D eigenvalue weighted by molar-refractivity contribution is 5.86. The Labute approximate surface area is 145 Å². The van der Waals surface area contributed by atoms with Crippen LogP contribution in [0.5, 0.6) is 0 Å². The number of aromatic nitrogens is 1. The number of pyridine rings is 1. The van der Waals surface area contributed by atoms with Crippen LogP contribution in [0.1, 0.15) is 55.0 Å². The molecule has 0 saturated heterocycles. The van der Waals surface area contributed by atoms with Crippen molar-refractivity contribution in [3.8, 4) is 0 Å². The van der Waals surface area contributed by atoms with Crippen molar-refractivity contribution in [3.05, 3.63) is 41.1 Å². The highest BCUT2D eigenvalue weighted by Gasteiger charge is 2.38. The maximum absolute atomic E-state index is 13.2. The fraction of sp³-hybridized carbons (Fsp3) is 0.500. The van der Waals surface area contributed by atoms with Gasteiger partial charge in [-0.05, 0) is 36.5 Å². The van der Waals surface area contributed by atoms with Gasteiger partial charge >= 0.3 is 12.4 Å².